The zero-order valence-corrected chi connectivity index (χ0v) is 10.8. The molecule has 1 aromatic heterocycles. The third-order valence-electron chi connectivity index (χ3n) is 4.33. The lowest BCUT2D eigenvalue weighted by Gasteiger charge is -2.25. The fourth-order valence-electron chi connectivity index (χ4n) is 3.33. The minimum absolute atomic E-state index is 0.812. The molecule has 1 fully saturated rings. The summed E-state index contributed by atoms with van der Waals surface area (Å²) in [7, 11) is 0. The predicted octanol–water partition coefficient (Wildman–Crippen LogP) is 2.73. The molecule has 3 rings (SSSR count). The van der Waals surface area contributed by atoms with Gasteiger partial charge >= 0.3 is 0 Å². The first-order valence-electron chi connectivity index (χ1n) is 7.02. The van der Waals surface area contributed by atoms with Crippen molar-refractivity contribution in [1.82, 2.24) is 9.88 Å². The van der Waals surface area contributed by atoms with Crippen LogP contribution in [0.5, 0.6) is 0 Å². The second-order valence-corrected chi connectivity index (χ2v) is 5.53. The van der Waals surface area contributed by atoms with Gasteiger partial charge in [0.15, 0.2) is 0 Å². The topological polar surface area (TPSA) is 16.1 Å². The zero-order chi connectivity index (χ0) is 11.7. The van der Waals surface area contributed by atoms with Gasteiger partial charge in [0.1, 0.15) is 0 Å². The van der Waals surface area contributed by atoms with Gasteiger partial charge < -0.3 is 4.90 Å². The molecule has 1 aliphatic heterocycles. The third-order valence-corrected chi connectivity index (χ3v) is 4.33. The number of rotatable bonds is 1. The number of aryl methyl sites for hydroxylation is 3. The van der Waals surface area contributed by atoms with E-state index in [9.17, 15) is 0 Å². The van der Waals surface area contributed by atoms with Gasteiger partial charge in [0.05, 0.1) is 0 Å². The third kappa shape index (κ3) is 2.37. The summed E-state index contributed by atoms with van der Waals surface area (Å²) in [5.74, 6) is 0. The lowest BCUT2D eigenvalue weighted by atomic mass is 10.1. The van der Waals surface area contributed by atoms with Gasteiger partial charge in [-0.3, -0.25) is 4.98 Å². The van der Waals surface area contributed by atoms with E-state index in [1.165, 1.54) is 68.6 Å². The normalized spacial score (nSPS) is 25.6. The van der Waals surface area contributed by atoms with Gasteiger partial charge in [-0.25, -0.2) is 0 Å². The molecule has 1 unspecified atom stereocenters. The van der Waals surface area contributed by atoms with Crippen LogP contribution in [-0.4, -0.2) is 29.0 Å². The Morgan fingerprint density at radius 1 is 1.12 bits per heavy atom. The summed E-state index contributed by atoms with van der Waals surface area (Å²) in [4.78, 5) is 7.42. The van der Waals surface area contributed by atoms with E-state index in [0.29, 0.717) is 0 Å². The SMILES string of the molecule is Cc1ccc2c(n1)CCC(N1CCCC1)CC2. The van der Waals surface area contributed by atoms with Gasteiger partial charge in [-0.1, -0.05) is 6.07 Å². The van der Waals surface area contributed by atoms with E-state index >= 15 is 0 Å². The van der Waals surface area contributed by atoms with Crippen LogP contribution < -0.4 is 0 Å². The van der Waals surface area contributed by atoms with Crippen LogP contribution in [0.2, 0.25) is 0 Å². The van der Waals surface area contributed by atoms with Crippen LogP contribution in [-0.2, 0) is 12.8 Å². The first-order chi connectivity index (χ1) is 8.33. The Hall–Kier alpha value is -0.890. The minimum Gasteiger partial charge on any atom is -0.300 e. The molecule has 0 bridgehead atoms. The summed E-state index contributed by atoms with van der Waals surface area (Å²) in [6.07, 6.45) is 7.85. The fourth-order valence-corrected chi connectivity index (χ4v) is 3.33. The first kappa shape index (κ1) is 11.2. The smallest absolute Gasteiger partial charge is 0.0439 e. The van der Waals surface area contributed by atoms with E-state index in [4.69, 9.17) is 4.98 Å². The molecule has 0 amide bonds. The van der Waals surface area contributed by atoms with Crippen molar-refractivity contribution in [3.8, 4) is 0 Å². The van der Waals surface area contributed by atoms with Crippen LogP contribution in [0.1, 0.15) is 42.6 Å². The van der Waals surface area contributed by atoms with Gasteiger partial charge in [-0.2, -0.15) is 0 Å². The molecular formula is C15H22N2. The van der Waals surface area contributed by atoms with Crippen LogP contribution in [0.4, 0.5) is 0 Å². The van der Waals surface area contributed by atoms with Gasteiger partial charge in [-0.05, 0) is 70.2 Å². The number of aromatic nitrogens is 1. The second kappa shape index (κ2) is 4.77. The Morgan fingerprint density at radius 3 is 2.71 bits per heavy atom. The van der Waals surface area contributed by atoms with E-state index < -0.39 is 0 Å². The fraction of sp³-hybridized carbons (Fsp3) is 0.667. The Morgan fingerprint density at radius 2 is 1.88 bits per heavy atom. The van der Waals surface area contributed by atoms with Crippen molar-refractivity contribution in [2.75, 3.05) is 13.1 Å². The maximum Gasteiger partial charge on any atom is 0.0439 e. The molecule has 2 heteroatoms. The highest BCUT2D eigenvalue weighted by atomic mass is 15.2. The van der Waals surface area contributed by atoms with E-state index in [2.05, 4.69) is 24.0 Å². The van der Waals surface area contributed by atoms with Crippen LogP contribution in [0.15, 0.2) is 12.1 Å². The molecular weight excluding hydrogens is 208 g/mol. The van der Waals surface area contributed by atoms with Crippen molar-refractivity contribution in [3.05, 3.63) is 29.1 Å². The number of nitrogens with zero attached hydrogens (tertiary/aromatic N) is 2. The maximum atomic E-state index is 4.72. The van der Waals surface area contributed by atoms with Crippen molar-refractivity contribution in [3.63, 3.8) is 0 Å². The lowest BCUT2D eigenvalue weighted by Crippen LogP contribution is -2.32. The summed E-state index contributed by atoms with van der Waals surface area (Å²) < 4.78 is 0. The van der Waals surface area contributed by atoms with E-state index in [0.717, 1.165) is 6.04 Å². The molecule has 92 valence electrons. The number of pyridine rings is 1. The summed E-state index contributed by atoms with van der Waals surface area (Å²) >= 11 is 0. The van der Waals surface area contributed by atoms with E-state index in [1.807, 2.05) is 0 Å². The monoisotopic (exact) mass is 230 g/mol. The summed E-state index contributed by atoms with van der Waals surface area (Å²) in [5, 5.41) is 0. The van der Waals surface area contributed by atoms with Crippen LogP contribution >= 0.6 is 0 Å². The predicted molar refractivity (Wildman–Crippen MR) is 70.2 cm³/mol. The van der Waals surface area contributed by atoms with Gasteiger partial charge in [-0.15, -0.1) is 0 Å². The molecule has 1 aromatic rings. The largest absolute Gasteiger partial charge is 0.300 e. The van der Waals surface area contributed by atoms with Gasteiger partial charge in [0, 0.05) is 17.4 Å². The Bertz CT molecular complexity index is 394. The van der Waals surface area contributed by atoms with Crippen molar-refractivity contribution >= 4 is 0 Å². The second-order valence-electron chi connectivity index (χ2n) is 5.53. The number of likely N-dealkylation sites (tertiary alicyclic amines) is 1. The highest BCUT2D eigenvalue weighted by Gasteiger charge is 2.24. The molecule has 0 spiro atoms. The molecule has 1 aliphatic carbocycles. The van der Waals surface area contributed by atoms with Crippen molar-refractivity contribution in [2.24, 2.45) is 0 Å². The summed E-state index contributed by atoms with van der Waals surface area (Å²) in [5.41, 5.74) is 4.03. The highest BCUT2D eigenvalue weighted by molar-refractivity contribution is 5.24. The Kier molecular flexibility index (Phi) is 3.15. The van der Waals surface area contributed by atoms with E-state index in [1.54, 1.807) is 0 Å². The van der Waals surface area contributed by atoms with Gasteiger partial charge in [0.2, 0.25) is 0 Å². The molecule has 0 radical (unpaired) electrons. The first-order valence-corrected chi connectivity index (χ1v) is 7.02. The Balaban J connectivity index is 1.74. The quantitative estimate of drug-likeness (QED) is 0.690. The molecule has 2 nitrogen and oxygen atoms in total. The molecule has 0 aromatic carbocycles. The maximum absolute atomic E-state index is 4.72. The van der Waals surface area contributed by atoms with Crippen LogP contribution in [0.25, 0.3) is 0 Å². The lowest BCUT2D eigenvalue weighted by molar-refractivity contribution is 0.222. The Labute approximate surface area is 104 Å². The molecule has 1 atom stereocenters. The molecule has 17 heavy (non-hydrogen) atoms. The number of hydrogen-bond acceptors (Lipinski definition) is 2. The number of hydrogen-bond donors (Lipinski definition) is 0. The summed E-state index contributed by atoms with van der Waals surface area (Å²) in [6.45, 7) is 4.75. The zero-order valence-electron chi connectivity index (χ0n) is 10.8. The summed E-state index contributed by atoms with van der Waals surface area (Å²) in [6, 6.07) is 5.27. The average Bonchev–Trinajstić information content (AvgIpc) is 2.77. The molecule has 0 saturated carbocycles. The van der Waals surface area contributed by atoms with Crippen LogP contribution in [0.3, 0.4) is 0 Å². The van der Waals surface area contributed by atoms with E-state index in [-0.39, 0.29) is 0 Å². The molecule has 1 saturated heterocycles. The highest BCUT2D eigenvalue weighted by Crippen LogP contribution is 2.25. The van der Waals surface area contributed by atoms with Crippen molar-refractivity contribution in [1.29, 1.82) is 0 Å². The molecule has 2 heterocycles. The molecule has 2 aliphatic rings. The minimum atomic E-state index is 0.812. The van der Waals surface area contributed by atoms with Crippen LogP contribution in [0, 0.1) is 6.92 Å². The average molecular weight is 230 g/mol. The van der Waals surface area contributed by atoms with Crippen molar-refractivity contribution in [2.45, 2.75) is 51.5 Å². The molecule has 0 N–H and O–H groups in total. The van der Waals surface area contributed by atoms with Gasteiger partial charge in [0.25, 0.3) is 0 Å². The number of fused-ring (bicyclic) bond motifs is 1. The van der Waals surface area contributed by atoms with Crippen molar-refractivity contribution < 1.29 is 0 Å². The standard InChI is InChI=1S/C15H22N2/c1-12-4-5-13-6-7-14(8-9-15(13)16-12)17-10-2-3-11-17/h4-5,14H,2-3,6-11H2,1H3.